The molecule has 0 aliphatic carbocycles. The molecule has 0 bridgehead atoms. The van der Waals surface area contributed by atoms with E-state index in [-0.39, 0.29) is 12.8 Å². The molecule has 0 heterocycles. The largest absolute Gasteiger partial charge is 0.480 e. The Bertz CT molecular complexity index is 425. The van der Waals surface area contributed by atoms with Gasteiger partial charge in [0.05, 0.1) is 0 Å². The molecule has 0 saturated heterocycles. The van der Waals surface area contributed by atoms with Gasteiger partial charge < -0.3 is 10.2 Å². The summed E-state index contributed by atoms with van der Waals surface area (Å²) < 4.78 is 0. The lowest BCUT2D eigenvalue weighted by molar-refractivity contribution is -0.165. The quantitative estimate of drug-likeness (QED) is 0.780. The van der Waals surface area contributed by atoms with Gasteiger partial charge in [0.1, 0.15) is 0 Å². The minimum Gasteiger partial charge on any atom is -0.480 e. The zero-order valence-corrected chi connectivity index (χ0v) is 10.8. The van der Waals surface area contributed by atoms with Crippen molar-refractivity contribution in [1.29, 1.82) is 0 Å². The van der Waals surface area contributed by atoms with E-state index in [9.17, 15) is 9.59 Å². The van der Waals surface area contributed by atoms with Crippen molar-refractivity contribution in [3.63, 3.8) is 0 Å². The molecule has 0 radical (unpaired) electrons. The smallest absolute Gasteiger partial charge is 0.321 e. The minimum absolute atomic E-state index is 0.0608. The third kappa shape index (κ3) is 3.01. The van der Waals surface area contributed by atoms with Crippen LogP contribution >= 0.6 is 11.6 Å². The van der Waals surface area contributed by atoms with E-state index in [1.54, 1.807) is 31.2 Å². The molecule has 0 spiro atoms. The van der Waals surface area contributed by atoms with E-state index >= 15 is 0 Å². The summed E-state index contributed by atoms with van der Waals surface area (Å²) in [5.41, 5.74) is -0.834. The third-order valence-corrected chi connectivity index (χ3v) is 3.43. The molecule has 1 aromatic rings. The number of carbonyl (C=O) groups is 2. The Morgan fingerprint density at radius 1 is 1.17 bits per heavy atom. The number of aryl methyl sites for hydroxylation is 1. The second kappa shape index (κ2) is 5.87. The highest BCUT2D eigenvalue weighted by Gasteiger charge is 2.44. The van der Waals surface area contributed by atoms with Crippen molar-refractivity contribution in [3.8, 4) is 0 Å². The number of halogens is 1. The Labute approximate surface area is 110 Å². The van der Waals surface area contributed by atoms with Gasteiger partial charge in [0.25, 0.3) is 0 Å². The number of hydrogen-bond donors (Lipinski definition) is 2. The van der Waals surface area contributed by atoms with Crippen LogP contribution in [-0.2, 0) is 16.0 Å². The van der Waals surface area contributed by atoms with Crippen LogP contribution in [0.25, 0.3) is 0 Å². The molecule has 0 amide bonds. The molecule has 0 aliphatic heterocycles. The highest BCUT2D eigenvalue weighted by Crippen LogP contribution is 2.29. The zero-order chi connectivity index (χ0) is 13.8. The summed E-state index contributed by atoms with van der Waals surface area (Å²) in [5, 5.41) is 18.8. The molecular weight excluding hydrogens is 256 g/mol. The first kappa shape index (κ1) is 14.5. The molecule has 1 aromatic carbocycles. The minimum atomic E-state index is -1.71. The van der Waals surface area contributed by atoms with Crippen molar-refractivity contribution >= 4 is 23.5 Å². The van der Waals surface area contributed by atoms with Crippen molar-refractivity contribution in [2.45, 2.75) is 26.2 Å². The van der Waals surface area contributed by atoms with Gasteiger partial charge in [-0.2, -0.15) is 0 Å². The van der Waals surface area contributed by atoms with Gasteiger partial charge in [0, 0.05) is 5.02 Å². The van der Waals surface area contributed by atoms with Crippen LogP contribution in [0.5, 0.6) is 0 Å². The van der Waals surface area contributed by atoms with Gasteiger partial charge in [-0.25, -0.2) is 0 Å². The normalized spacial score (nSPS) is 11.2. The second-order valence-corrected chi connectivity index (χ2v) is 4.61. The molecule has 0 saturated carbocycles. The molecule has 0 atom stereocenters. The molecule has 0 fully saturated rings. The lowest BCUT2D eigenvalue weighted by atomic mass is 9.80. The first-order valence-electron chi connectivity index (χ1n) is 5.63. The Balaban J connectivity index is 2.83. The van der Waals surface area contributed by atoms with Crippen LogP contribution in [-0.4, -0.2) is 22.2 Å². The summed E-state index contributed by atoms with van der Waals surface area (Å²) in [5.74, 6) is -2.57. The maximum absolute atomic E-state index is 11.2. The Hall–Kier alpha value is -1.55. The molecule has 5 heteroatoms. The number of benzene rings is 1. The van der Waals surface area contributed by atoms with Gasteiger partial charge in [-0.3, -0.25) is 9.59 Å². The fraction of sp³-hybridized carbons (Fsp3) is 0.385. The standard InChI is InChI=1S/C13H15ClO4/c1-2-13(11(15)16,12(17)18)8-7-9-3-5-10(14)6-4-9/h3-6H,2,7-8H2,1H3,(H,15,16)(H,17,18). The van der Waals surface area contributed by atoms with E-state index in [1.807, 2.05) is 0 Å². The highest BCUT2D eigenvalue weighted by molar-refractivity contribution is 6.30. The monoisotopic (exact) mass is 270 g/mol. The van der Waals surface area contributed by atoms with Crippen LogP contribution in [0.4, 0.5) is 0 Å². The Morgan fingerprint density at radius 3 is 2.06 bits per heavy atom. The van der Waals surface area contributed by atoms with E-state index in [1.165, 1.54) is 0 Å². The van der Waals surface area contributed by atoms with Crippen molar-refractivity contribution < 1.29 is 19.8 Å². The van der Waals surface area contributed by atoms with Gasteiger partial charge in [-0.15, -0.1) is 0 Å². The molecular formula is C13H15ClO4. The van der Waals surface area contributed by atoms with E-state index in [4.69, 9.17) is 21.8 Å². The lowest BCUT2D eigenvalue weighted by Gasteiger charge is -2.23. The summed E-state index contributed by atoms with van der Waals surface area (Å²) in [7, 11) is 0. The number of carboxylic acids is 2. The van der Waals surface area contributed by atoms with E-state index in [0.29, 0.717) is 11.4 Å². The topological polar surface area (TPSA) is 74.6 Å². The molecule has 4 nitrogen and oxygen atoms in total. The molecule has 0 aromatic heterocycles. The van der Waals surface area contributed by atoms with Gasteiger partial charge in [0.15, 0.2) is 5.41 Å². The van der Waals surface area contributed by atoms with E-state index in [2.05, 4.69) is 0 Å². The third-order valence-electron chi connectivity index (χ3n) is 3.18. The van der Waals surface area contributed by atoms with Crippen molar-refractivity contribution in [2.24, 2.45) is 5.41 Å². The van der Waals surface area contributed by atoms with Crippen LogP contribution in [0.1, 0.15) is 25.3 Å². The van der Waals surface area contributed by atoms with Crippen LogP contribution in [0, 0.1) is 5.41 Å². The maximum atomic E-state index is 11.2. The summed E-state index contributed by atoms with van der Waals surface area (Å²) in [4.78, 5) is 22.3. The number of rotatable bonds is 6. The van der Waals surface area contributed by atoms with Gasteiger partial charge in [-0.05, 0) is 37.0 Å². The average molecular weight is 271 g/mol. The van der Waals surface area contributed by atoms with Crippen LogP contribution < -0.4 is 0 Å². The zero-order valence-electron chi connectivity index (χ0n) is 10.0. The molecule has 0 aliphatic rings. The summed E-state index contributed by atoms with van der Waals surface area (Å²) in [6.07, 6.45) is 0.519. The lowest BCUT2D eigenvalue weighted by Crippen LogP contribution is -2.39. The summed E-state index contributed by atoms with van der Waals surface area (Å²) in [6, 6.07) is 6.94. The van der Waals surface area contributed by atoms with Crippen molar-refractivity contribution in [3.05, 3.63) is 34.9 Å². The average Bonchev–Trinajstić information content (AvgIpc) is 2.32. The molecule has 98 valence electrons. The highest BCUT2D eigenvalue weighted by atomic mass is 35.5. The first-order valence-corrected chi connectivity index (χ1v) is 6.01. The predicted octanol–water partition coefficient (Wildman–Crippen LogP) is 2.84. The molecule has 18 heavy (non-hydrogen) atoms. The van der Waals surface area contributed by atoms with Gasteiger partial charge >= 0.3 is 11.9 Å². The molecule has 2 N–H and O–H groups in total. The fourth-order valence-corrected chi connectivity index (χ4v) is 1.92. The summed E-state index contributed by atoms with van der Waals surface area (Å²) >= 11 is 5.74. The molecule has 1 rings (SSSR count). The SMILES string of the molecule is CCC(CCc1ccc(Cl)cc1)(C(=O)O)C(=O)O. The van der Waals surface area contributed by atoms with Crippen LogP contribution in [0.15, 0.2) is 24.3 Å². The van der Waals surface area contributed by atoms with Gasteiger partial charge in [0.2, 0.25) is 0 Å². The fourth-order valence-electron chi connectivity index (χ4n) is 1.79. The predicted molar refractivity (Wildman–Crippen MR) is 67.8 cm³/mol. The number of carboxylic acid groups (broad SMARTS) is 2. The second-order valence-electron chi connectivity index (χ2n) is 4.17. The summed E-state index contributed by atoms with van der Waals surface area (Å²) in [6.45, 7) is 1.57. The van der Waals surface area contributed by atoms with Crippen LogP contribution in [0.3, 0.4) is 0 Å². The van der Waals surface area contributed by atoms with E-state index < -0.39 is 17.4 Å². The first-order chi connectivity index (χ1) is 8.42. The van der Waals surface area contributed by atoms with Crippen molar-refractivity contribution in [1.82, 2.24) is 0 Å². The van der Waals surface area contributed by atoms with E-state index in [0.717, 1.165) is 5.56 Å². The number of hydrogen-bond acceptors (Lipinski definition) is 2. The van der Waals surface area contributed by atoms with Gasteiger partial charge in [-0.1, -0.05) is 30.7 Å². The Kier molecular flexibility index (Phi) is 4.73. The van der Waals surface area contributed by atoms with Crippen molar-refractivity contribution in [2.75, 3.05) is 0 Å². The Morgan fingerprint density at radius 2 is 1.67 bits per heavy atom. The maximum Gasteiger partial charge on any atom is 0.321 e. The van der Waals surface area contributed by atoms with Crippen LogP contribution in [0.2, 0.25) is 5.02 Å². The number of aliphatic carboxylic acids is 2. The molecule has 0 unspecified atom stereocenters.